The van der Waals surface area contributed by atoms with Gasteiger partial charge in [-0.3, -0.25) is 14.6 Å². The molecule has 0 saturated carbocycles. The molecule has 118 valence electrons. The molecule has 0 spiro atoms. The molecule has 2 N–H and O–H groups in total. The summed E-state index contributed by atoms with van der Waals surface area (Å²) in [6.45, 7) is 4.00. The first-order valence-electron chi connectivity index (χ1n) is 7.35. The highest BCUT2D eigenvalue weighted by Gasteiger charge is 2.06. The minimum absolute atomic E-state index is 0.200. The number of nitrogens with zero attached hydrogens (tertiary/aromatic N) is 1. The summed E-state index contributed by atoms with van der Waals surface area (Å²) >= 11 is 0. The van der Waals surface area contributed by atoms with Crippen LogP contribution in [-0.2, 0) is 4.79 Å². The average molecular weight is 309 g/mol. The molecule has 0 fully saturated rings. The number of aromatic nitrogens is 1. The van der Waals surface area contributed by atoms with Crippen molar-refractivity contribution in [1.82, 2.24) is 4.98 Å². The number of rotatable bonds is 5. The van der Waals surface area contributed by atoms with Crippen LogP contribution in [0.2, 0.25) is 0 Å². The maximum absolute atomic E-state index is 12.1. The molecule has 1 aromatic carbocycles. The van der Waals surface area contributed by atoms with Crippen molar-refractivity contribution in [3.63, 3.8) is 0 Å². The van der Waals surface area contributed by atoms with Gasteiger partial charge in [0.1, 0.15) is 0 Å². The molecule has 0 radical (unpaired) electrons. The summed E-state index contributed by atoms with van der Waals surface area (Å²) in [6, 6.07) is 10.4. The molecule has 0 atom stereocenters. The number of anilines is 2. The molecule has 23 heavy (non-hydrogen) atoms. The molecule has 1 heterocycles. The van der Waals surface area contributed by atoms with Crippen LogP contribution in [0.3, 0.4) is 0 Å². The van der Waals surface area contributed by atoms with Crippen LogP contribution in [-0.4, -0.2) is 16.8 Å². The van der Waals surface area contributed by atoms with Crippen molar-refractivity contribution >= 4 is 23.2 Å². The van der Waals surface area contributed by atoms with Crippen molar-refractivity contribution in [1.29, 1.82) is 0 Å². The first-order valence-corrected chi connectivity index (χ1v) is 7.35. The zero-order valence-corrected chi connectivity index (χ0v) is 13.1. The van der Waals surface area contributed by atoms with Crippen LogP contribution in [0.25, 0.3) is 0 Å². The summed E-state index contributed by atoms with van der Waals surface area (Å²) < 4.78 is 0. The van der Waals surface area contributed by atoms with E-state index in [0.29, 0.717) is 22.9 Å². The van der Waals surface area contributed by atoms with Crippen LogP contribution in [0.4, 0.5) is 11.4 Å². The first-order chi connectivity index (χ1) is 11.0. The Morgan fingerprint density at radius 1 is 1.09 bits per heavy atom. The third-order valence-corrected chi connectivity index (χ3v) is 2.94. The van der Waals surface area contributed by atoms with E-state index < -0.39 is 0 Å². The van der Waals surface area contributed by atoms with Gasteiger partial charge in [-0.15, -0.1) is 0 Å². The van der Waals surface area contributed by atoms with E-state index in [4.69, 9.17) is 0 Å². The Bertz CT molecular complexity index is 709. The number of hydrogen-bond acceptors (Lipinski definition) is 3. The smallest absolute Gasteiger partial charge is 0.257 e. The lowest BCUT2D eigenvalue weighted by Gasteiger charge is -2.08. The maximum atomic E-state index is 12.1. The second-order valence-electron chi connectivity index (χ2n) is 5.37. The Balaban J connectivity index is 2.02. The third kappa shape index (κ3) is 5.39. The summed E-state index contributed by atoms with van der Waals surface area (Å²) in [5, 5.41) is 5.54. The number of amides is 2. The zero-order valence-electron chi connectivity index (χ0n) is 13.1. The second kappa shape index (κ2) is 7.89. The summed E-state index contributed by atoms with van der Waals surface area (Å²) in [7, 11) is 0. The van der Waals surface area contributed by atoms with Gasteiger partial charge < -0.3 is 10.6 Å². The highest BCUT2D eigenvalue weighted by atomic mass is 16.2. The van der Waals surface area contributed by atoms with Gasteiger partial charge in [-0.1, -0.05) is 26.0 Å². The Morgan fingerprint density at radius 3 is 2.48 bits per heavy atom. The van der Waals surface area contributed by atoms with Gasteiger partial charge in [0.05, 0.1) is 5.56 Å². The predicted molar refractivity (Wildman–Crippen MR) is 91.2 cm³/mol. The lowest BCUT2D eigenvalue weighted by molar-refractivity contribution is -0.111. The van der Waals surface area contributed by atoms with Gasteiger partial charge in [0.25, 0.3) is 5.91 Å². The molecule has 1 aromatic heterocycles. The Hall–Kier alpha value is -2.95. The van der Waals surface area contributed by atoms with Crippen molar-refractivity contribution in [2.45, 2.75) is 13.8 Å². The standard InChI is InChI=1S/C18H19N3O2/c1-13(2)8-9-17(22)20-15-6-3-7-16(11-15)21-18(23)14-5-4-10-19-12-14/h3-13H,1-2H3,(H,20,22)(H,21,23)/b9-8+. The number of pyridine rings is 1. The summed E-state index contributed by atoms with van der Waals surface area (Å²) in [4.78, 5) is 27.8. The van der Waals surface area contributed by atoms with E-state index in [1.807, 2.05) is 19.9 Å². The van der Waals surface area contributed by atoms with E-state index in [0.717, 1.165) is 0 Å². The third-order valence-electron chi connectivity index (χ3n) is 2.94. The van der Waals surface area contributed by atoms with Crippen LogP contribution in [0.1, 0.15) is 24.2 Å². The number of hydrogen-bond donors (Lipinski definition) is 2. The predicted octanol–water partition coefficient (Wildman–Crippen LogP) is 3.48. The lowest BCUT2D eigenvalue weighted by Crippen LogP contribution is -2.13. The van der Waals surface area contributed by atoms with E-state index in [9.17, 15) is 9.59 Å². The van der Waals surface area contributed by atoms with Gasteiger partial charge in [-0.05, 0) is 42.3 Å². The SMILES string of the molecule is CC(C)/C=C/C(=O)Nc1cccc(NC(=O)c2cccnc2)c1. The first kappa shape index (κ1) is 16.4. The van der Waals surface area contributed by atoms with Crippen LogP contribution < -0.4 is 10.6 Å². The zero-order chi connectivity index (χ0) is 16.7. The van der Waals surface area contributed by atoms with Gasteiger partial charge in [-0.2, -0.15) is 0 Å². The largest absolute Gasteiger partial charge is 0.322 e. The molecule has 0 bridgehead atoms. The van der Waals surface area contributed by atoms with Gasteiger partial charge >= 0.3 is 0 Å². The van der Waals surface area contributed by atoms with Crippen molar-refractivity contribution in [2.24, 2.45) is 5.92 Å². The van der Waals surface area contributed by atoms with Gasteiger partial charge in [0.2, 0.25) is 5.91 Å². The fourth-order valence-corrected chi connectivity index (χ4v) is 1.84. The summed E-state index contributed by atoms with van der Waals surface area (Å²) in [6.07, 6.45) is 6.43. The van der Waals surface area contributed by atoms with Gasteiger partial charge in [0.15, 0.2) is 0 Å². The molecule has 5 nitrogen and oxygen atoms in total. The summed E-state index contributed by atoms with van der Waals surface area (Å²) in [5.41, 5.74) is 1.69. The number of carbonyl (C=O) groups excluding carboxylic acids is 2. The van der Waals surface area contributed by atoms with E-state index in [1.165, 1.54) is 12.3 Å². The highest BCUT2D eigenvalue weighted by molar-refractivity contribution is 6.04. The van der Waals surface area contributed by atoms with Crippen LogP contribution in [0.15, 0.2) is 60.9 Å². The number of allylic oxidation sites excluding steroid dienone is 1. The molecule has 2 amide bonds. The molecule has 0 unspecified atom stereocenters. The normalized spacial score (nSPS) is 10.7. The average Bonchev–Trinajstić information content (AvgIpc) is 2.54. The molecule has 2 rings (SSSR count). The maximum Gasteiger partial charge on any atom is 0.257 e. The lowest BCUT2D eigenvalue weighted by atomic mass is 10.2. The molecule has 5 heteroatoms. The van der Waals surface area contributed by atoms with E-state index >= 15 is 0 Å². The molecule has 0 aliphatic carbocycles. The van der Waals surface area contributed by atoms with E-state index in [2.05, 4.69) is 15.6 Å². The molecule has 0 saturated heterocycles. The van der Waals surface area contributed by atoms with Crippen LogP contribution in [0, 0.1) is 5.92 Å². The van der Waals surface area contributed by atoms with Gasteiger partial charge in [0, 0.05) is 23.8 Å². The Kier molecular flexibility index (Phi) is 5.63. The van der Waals surface area contributed by atoms with Crippen LogP contribution in [0.5, 0.6) is 0 Å². The quantitative estimate of drug-likeness (QED) is 0.831. The van der Waals surface area contributed by atoms with E-state index in [1.54, 1.807) is 42.6 Å². The van der Waals surface area contributed by atoms with Crippen molar-refractivity contribution in [3.8, 4) is 0 Å². The molecule has 2 aromatic rings. The second-order valence-corrected chi connectivity index (χ2v) is 5.37. The molecule has 0 aliphatic heterocycles. The molecular weight excluding hydrogens is 290 g/mol. The monoisotopic (exact) mass is 309 g/mol. The summed E-state index contributed by atoms with van der Waals surface area (Å²) in [5.74, 6) is -0.137. The minimum atomic E-state index is -0.249. The Labute approximate surface area is 135 Å². The minimum Gasteiger partial charge on any atom is -0.322 e. The molecule has 0 aliphatic rings. The topological polar surface area (TPSA) is 71.1 Å². The Morgan fingerprint density at radius 2 is 1.83 bits per heavy atom. The van der Waals surface area contributed by atoms with Gasteiger partial charge in [-0.25, -0.2) is 0 Å². The fraction of sp³-hybridized carbons (Fsp3) is 0.167. The number of nitrogens with one attached hydrogen (secondary N) is 2. The van der Waals surface area contributed by atoms with Crippen molar-refractivity contribution in [3.05, 3.63) is 66.5 Å². The molecular formula is C18H19N3O2. The number of benzene rings is 1. The highest BCUT2D eigenvalue weighted by Crippen LogP contribution is 2.16. The van der Waals surface area contributed by atoms with E-state index in [-0.39, 0.29) is 11.8 Å². The van der Waals surface area contributed by atoms with Crippen molar-refractivity contribution < 1.29 is 9.59 Å². The van der Waals surface area contributed by atoms with Crippen molar-refractivity contribution in [2.75, 3.05) is 10.6 Å². The van der Waals surface area contributed by atoms with Crippen LogP contribution >= 0.6 is 0 Å². The fourth-order valence-electron chi connectivity index (χ4n) is 1.84. The number of carbonyl (C=O) groups is 2.